The fourth-order valence-corrected chi connectivity index (χ4v) is 1.77. The number of amides is 2. The Balaban J connectivity index is 2.07. The molecule has 2 amide bonds. The Bertz CT molecular complexity index is 729. The van der Waals surface area contributed by atoms with E-state index in [4.69, 9.17) is 9.15 Å². The molecule has 2 aromatic rings. The van der Waals surface area contributed by atoms with E-state index in [1.54, 1.807) is 6.07 Å². The van der Waals surface area contributed by atoms with Gasteiger partial charge in [-0.1, -0.05) is 0 Å². The summed E-state index contributed by atoms with van der Waals surface area (Å²) in [6.45, 7) is -1.59. The summed E-state index contributed by atoms with van der Waals surface area (Å²) in [5.74, 6) is -1.88. The van der Waals surface area contributed by atoms with Crippen molar-refractivity contribution in [2.24, 2.45) is 0 Å². The van der Waals surface area contributed by atoms with Crippen molar-refractivity contribution in [1.29, 1.82) is 0 Å². The second-order valence-corrected chi connectivity index (χ2v) is 4.53. The van der Waals surface area contributed by atoms with Crippen LogP contribution in [0.5, 0.6) is 5.75 Å². The van der Waals surface area contributed by atoms with Crippen LogP contribution < -0.4 is 15.4 Å². The molecule has 0 bridgehead atoms. The van der Waals surface area contributed by atoms with Crippen molar-refractivity contribution in [3.63, 3.8) is 0 Å². The summed E-state index contributed by atoms with van der Waals surface area (Å²) < 4.78 is 46.3. The largest absolute Gasteiger partial charge is 0.496 e. The summed E-state index contributed by atoms with van der Waals surface area (Å²) in [6, 6.07) is 4.38. The third kappa shape index (κ3) is 4.48. The van der Waals surface area contributed by atoms with Crippen molar-refractivity contribution in [2.75, 3.05) is 19.0 Å². The molecule has 24 heavy (non-hydrogen) atoms. The van der Waals surface area contributed by atoms with Crippen molar-refractivity contribution in [1.82, 2.24) is 10.3 Å². The smallest absolute Gasteiger partial charge is 0.405 e. The van der Waals surface area contributed by atoms with Gasteiger partial charge < -0.3 is 19.8 Å². The molecule has 1 aromatic heterocycles. The molecule has 0 spiro atoms. The van der Waals surface area contributed by atoms with Gasteiger partial charge in [0.25, 0.3) is 0 Å². The average Bonchev–Trinajstić information content (AvgIpc) is 3.05. The molecule has 0 aliphatic rings. The summed E-state index contributed by atoms with van der Waals surface area (Å²) in [5, 5.41) is 3.66. The molecule has 0 fully saturated rings. The summed E-state index contributed by atoms with van der Waals surface area (Å²) in [7, 11) is 1.39. The summed E-state index contributed by atoms with van der Waals surface area (Å²) >= 11 is 0. The Hall–Kier alpha value is -3.04. The van der Waals surface area contributed by atoms with E-state index in [0.29, 0.717) is 17.1 Å². The minimum absolute atomic E-state index is 0.169. The quantitative estimate of drug-likeness (QED) is 0.828. The molecule has 2 N–H and O–H groups in total. The monoisotopic (exact) mass is 343 g/mol. The van der Waals surface area contributed by atoms with Gasteiger partial charge in [0.1, 0.15) is 12.3 Å². The maximum Gasteiger partial charge on any atom is 0.405 e. The minimum atomic E-state index is -4.60. The average molecular weight is 343 g/mol. The van der Waals surface area contributed by atoms with Crippen LogP contribution in [-0.2, 0) is 9.59 Å². The number of alkyl halides is 3. The summed E-state index contributed by atoms with van der Waals surface area (Å²) in [5.41, 5.74) is 0.719. The molecule has 1 aromatic carbocycles. The van der Waals surface area contributed by atoms with Crippen molar-refractivity contribution in [3.8, 4) is 17.1 Å². The standard InChI is InChI=1S/C14H12F3N3O4/c1-23-10-4-8(2-3-9(10)11-5-18-7-24-11)20-13(22)12(21)19-6-14(15,16)17/h2-5,7H,6H2,1H3,(H,19,21)(H,20,22). The van der Waals surface area contributed by atoms with Crippen LogP contribution in [0.3, 0.4) is 0 Å². The lowest BCUT2D eigenvalue weighted by Crippen LogP contribution is -2.40. The van der Waals surface area contributed by atoms with Gasteiger partial charge in [0.2, 0.25) is 0 Å². The molecule has 0 atom stereocenters. The molecule has 0 saturated heterocycles. The predicted octanol–water partition coefficient (Wildman–Crippen LogP) is 1.97. The van der Waals surface area contributed by atoms with E-state index in [1.165, 1.54) is 37.1 Å². The minimum Gasteiger partial charge on any atom is -0.496 e. The molecule has 7 nitrogen and oxygen atoms in total. The first-order valence-electron chi connectivity index (χ1n) is 6.53. The highest BCUT2D eigenvalue weighted by molar-refractivity contribution is 6.39. The van der Waals surface area contributed by atoms with Crippen molar-refractivity contribution < 1.29 is 31.9 Å². The van der Waals surface area contributed by atoms with Gasteiger partial charge in [-0.3, -0.25) is 9.59 Å². The van der Waals surface area contributed by atoms with E-state index >= 15 is 0 Å². The number of carbonyl (C=O) groups is 2. The number of oxazole rings is 1. The van der Waals surface area contributed by atoms with Crippen LogP contribution in [-0.4, -0.2) is 36.6 Å². The van der Waals surface area contributed by atoms with E-state index in [1.807, 2.05) is 0 Å². The normalized spacial score (nSPS) is 11.0. The van der Waals surface area contributed by atoms with Crippen molar-refractivity contribution >= 4 is 17.5 Å². The molecular formula is C14H12F3N3O4. The number of nitrogens with zero attached hydrogens (tertiary/aromatic N) is 1. The Morgan fingerprint density at radius 2 is 2.04 bits per heavy atom. The first-order valence-corrected chi connectivity index (χ1v) is 6.53. The van der Waals surface area contributed by atoms with Crippen LogP contribution in [0, 0.1) is 0 Å². The maximum absolute atomic E-state index is 12.0. The molecule has 0 radical (unpaired) electrons. The van der Waals surface area contributed by atoms with Crippen LogP contribution in [0.1, 0.15) is 0 Å². The van der Waals surface area contributed by atoms with E-state index in [-0.39, 0.29) is 5.69 Å². The van der Waals surface area contributed by atoms with Gasteiger partial charge in [-0.05, 0) is 12.1 Å². The fraction of sp³-hybridized carbons (Fsp3) is 0.214. The fourth-order valence-electron chi connectivity index (χ4n) is 1.77. The Morgan fingerprint density at radius 3 is 2.62 bits per heavy atom. The lowest BCUT2D eigenvalue weighted by molar-refractivity contribution is -0.144. The lowest BCUT2D eigenvalue weighted by atomic mass is 10.1. The van der Waals surface area contributed by atoms with E-state index in [0.717, 1.165) is 0 Å². The lowest BCUT2D eigenvalue weighted by Gasteiger charge is -2.11. The van der Waals surface area contributed by atoms with Gasteiger partial charge in [-0.15, -0.1) is 0 Å². The number of hydrogen-bond donors (Lipinski definition) is 2. The highest BCUT2D eigenvalue weighted by Gasteiger charge is 2.29. The molecule has 2 rings (SSSR count). The van der Waals surface area contributed by atoms with Crippen LogP contribution in [0.4, 0.5) is 18.9 Å². The van der Waals surface area contributed by atoms with Gasteiger partial charge in [0.05, 0.1) is 18.9 Å². The number of hydrogen-bond acceptors (Lipinski definition) is 5. The molecule has 0 unspecified atom stereocenters. The number of halogens is 3. The number of ether oxygens (including phenoxy) is 1. The van der Waals surface area contributed by atoms with Crippen molar-refractivity contribution in [2.45, 2.75) is 6.18 Å². The topological polar surface area (TPSA) is 93.5 Å². The SMILES string of the molecule is COc1cc(NC(=O)C(=O)NCC(F)(F)F)ccc1-c1cnco1. The van der Waals surface area contributed by atoms with Gasteiger partial charge in [-0.25, -0.2) is 4.98 Å². The highest BCUT2D eigenvalue weighted by Crippen LogP contribution is 2.32. The number of nitrogens with one attached hydrogen (secondary N) is 2. The Labute approximate surface area is 133 Å². The zero-order valence-corrected chi connectivity index (χ0v) is 12.3. The van der Waals surface area contributed by atoms with Crippen LogP contribution in [0.15, 0.2) is 35.2 Å². The maximum atomic E-state index is 12.0. The number of carbonyl (C=O) groups excluding carboxylic acids is 2. The van der Waals surface area contributed by atoms with E-state index in [2.05, 4.69) is 10.3 Å². The predicted molar refractivity (Wildman–Crippen MR) is 76.2 cm³/mol. The van der Waals surface area contributed by atoms with Gasteiger partial charge >= 0.3 is 18.0 Å². The Kier molecular flexibility index (Phi) is 5.07. The summed E-state index contributed by atoms with van der Waals surface area (Å²) in [6.07, 6.45) is -1.91. The summed E-state index contributed by atoms with van der Waals surface area (Å²) in [4.78, 5) is 26.7. The number of aromatic nitrogens is 1. The van der Waals surface area contributed by atoms with Crippen molar-refractivity contribution in [3.05, 3.63) is 30.8 Å². The molecule has 1 heterocycles. The van der Waals surface area contributed by atoms with Crippen LogP contribution in [0.25, 0.3) is 11.3 Å². The van der Waals surface area contributed by atoms with E-state index < -0.39 is 24.5 Å². The second kappa shape index (κ2) is 7.02. The Morgan fingerprint density at radius 1 is 1.29 bits per heavy atom. The molecule has 0 aliphatic heterocycles. The number of benzene rings is 1. The molecule has 10 heteroatoms. The highest BCUT2D eigenvalue weighted by atomic mass is 19.4. The number of anilines is 1. The molecule has 128 valence electrons. The van der Waals surface area contributed by atoms with Gasteiger partial charge in [0.15, 0.2) is 12.2 Å². The van der Waals surface area contributed by atoms with E-state index in [9.17, 15) is 22.8 Å². The zero-order valence-electron chi connectivity index (χ0n) is 12.3. The zero-order chi connectivity index (χ0) is 17.7. The third-order valence-corrected chi connectivity index (χ3v) is 2.81. The molecular weight excluding hydrogens is 331 g/mol. The first kappa shape index (κ1) is 17.3. The van der Waals surface area contributed by atoms with Gasteiger partial charge in [0, 0.05) is 11.8 Å². The van der Waals surface area contributed by atoms with Crippen LogP contribution >= 0.6 is 0 Å². The first-order chi connectivity index (χ1) is 11.3. The third-order valence-electron chi connectivity index (χ3n) is 2.81. The van der Waals surface area contributed by atoms with Crippen LogP contribution in [0.2, 0.25) is 0 Å². The molecule has 0 saturated carbocycles. The second-order valence-electron chi connectivity index (χ2n) is 4.53. The van der Waals surface area contributed by atoms with Gasteiger partial charge in [-0.2, -0.15) is 13.2 Å². The number of rotatable bonds is 4. The number of methoxy groups -OCH3 is 1. The molecule has 0 aliphatic carbocycles.